The van der Waals surface area contributed by atoms with Crippen LogP contribution in [-0.2, 0) is 37.4 Å². The largest absolute Gasteiger partial charge is 0.462 e. The number of pyridine rings is 1. The van der Waals surface area contributed by atoms with Crippen molar-refractivity contribution in [3.63, 3.8) is 0 Å². The van der Waals surface area contributed by atoms with Gasteiger partial charge in [-0.05, 0) is 61.5 Å². The second-order valence-corrected chi connectivity index (χ2v) is 10.6. The lowest BCUT2D eigenvalue weighted by atomic mass is 10.1. The van der Waals surface area contributed by atoms with Gasteiger partial charge in [-0.25, -0.2) is 14.8 Å². The fourth-order valence-electron chi connectivity index (χ4n) is 4.74. The molecule has 0 saturated heterocycles. The fourth-order valence-corrected chi connectivity index (χ4v) is 4.74. The van der Waals surface area contributed by atoms with Gasteiger partial charge in [-0.15, -0.1) is 0 Å². The topological polar surface area (TPSA) is 183 Å². The van der Waals surface area contributed by atoms with Gasteiger partial charge in [-0.2, -0.15) is 4.99 Å². The summed E-state index contributed by atoms with van der Waals surface area (Å²) < 4.78 is 12.3. The number of ether oxygens (including phenoxy) is 2. The maximum Gasteiger partial charge on any atom is 0.339 e. The standard InChI is InChI=1S/C35H38N8O6/c1-5-24(21-37-3)35(47)49-19-18-48-32(45)15-17-43(30-8-6-7-16-38-30)34(46)26-11-14-29-28(20-26)41-31(42(29)4)22-39-27-12-9-25(10-13-27)33(36)40-23(2)44/h5-14,16,20-21,39H,15,17-19,22H2,1-4H3,(H2,36,40,44)/b24-5+,37-21?. The van der Waals surface area contributed by atoms with Crippen molar-refractivity contribution < 1.29 is 28.7 Å². The molecular weight excluding hydrogens is 628 g/mol. The van der Waals surface area contributed by atoms with E-state index < -0.39 is 11.9 Å². The van der Waals surface area contributed by atoms with Crippen LogP contribution in [0, 0.1) is 0 Å². The SMILES string of the molecule is C/C=C(\C=NC)C(=O)OCCOC(=O)CCN(C(=O)c1ccc2c(c1)nc(CNc1ccc(C(N)=NC(C)=O)cc1)n2C)c1ccccn1. The van der Waals surface area contributed by atoms with E-state index in [2.05, 4.69) is 20.3 Å². The zero-order valence-electron chi connectivity index (χ0n) is 27.8. The van der Waals surface area contributed by atoms with Crippen LogP contribution in [-0.4, -0.2) is 77.1 Å². The Labute approximate surface area is 283 Å². The monoisotopic (exact) mass is 666 g/mol. The number of nitrogens with two attached hydrogens (primary N) is 1. The Kier molecular flexibility index (Phi) is 12.5. The third kappa shape index (κ3) is 9.67. The summed E-state index contributed by atoms with van der Waals surface area (Å²) in [5.74, 6) is -0.610. The van der Waals surface area contributed by atoms with Crippen molar-refractivity contribution in [3.05, 3.63) is 95.5 Å². The number of benzene rings is 2. The van der Waals surface area contributed by atoms with Crippen LogP contribution < -0.4 is 16.0 Å². The summed E-state index contributed by atoms with van der Waals surface area (Å²) in [6, 6.07) is 17.6. The van der Waals surface area contributed by atoms with Gasteiger partial charge in [0.15, 0.2) is 0 Å². The van der Waals surface area contributed by atoms with Crippen molar-refractivity contribution in [3.8, 4) is 0 Å². The van der Waals surface area contributed by atoms with Crippen LogP contribution in [0.5, 0.6) is 0 Å². The molecule has 4 aromatic rings. The first-order valence-electron chi connectivity index (χ1n) is 15.4. The number of nitrogens with one attached hydrogen (secondary N) is 1. The van der Waals surface area contributed by atoms with Crippen molar-refractivity contribution in [2.75, 3.05) is 37.0 Å². The number of amidine groups is 1. The highest BCUT2D eigenvalue weighted by molar-refractivity contribution is 6.09. The zero-order valence-corrected chi connectivity index (χ0v) is 27.8. The summed E-state index contributed by atoms with van der Waals surface area (Å²) in [6.45, 7) is 3.18. The highest BCUT2D eigenvalue weighted by atomic mass is 16.6. The molecule has 0 aliphatic heterocycles. The number of hydrogen-bond donors (Lipinski definition) is 2. The van der Waals surface area contributed by atoms with Gasteiger partial charge < -0.3 is 25.1 Å². The van der Waals surface area contributed by atoms with Gasteiger partial charge in [0.1, 0.15) is 30.7 Å². The molecule has 2 aromatic heterocycles. The number of allylic oxidation sites excluding steroid dienone is 1. The minimum atomic E-state index is -0.570. The molecule has 0 saturated carbocycles. The minimum Gasteiger partial charge on any atom is -0.462 e. The molecule has 0 atom stereocenters. The fraction of sp³-hybridized carbons (Fsp3) is 0.257. The molecule has 3 N–H and O–H groups in total. The molecule has 0 radical (unpaired) electrons. The number of aromatic nitrogens is 3. The van der Waals surface area contributed by atoms with E-state index in [1.165, 1.54) is 18.0 Å². The molecule has 254 valence electrons. The van der Waals surface area contributed by atoms with Crippen molar-refractivity contribution in [2.24, 2.45) is 22.8 Å². The first-order chi connectivity index (χ1) is 23.6. The Morgan fingerprint density at radius 1 is 1.02 bits per heavy atom. The predicted octanol–water partition coefficient (Wildman–Crippen LogP) is 3.60. The predicted molar refractivity (Wildman–Crippen MR) is 187 cm³/mol. The summed E-state index contributed by atoms with van der Waals surface area (Å²) in [4.78, 5) is 67.6. The van der Waals surface area contributed by atoms with Crippen molar-refractivity contribution in [2.45, 2.75) is 26.8 Å². The van der Waals surface area contributed by atoms with Gasteiger partial charge in [-0.1, -0.05) is 12.1 Å². The number of esters is 2. The second-order valence-electron chi connectivity index (χ2n) is 10.6. The lowest BCUT2D eigenvalue weighted by Gasteiger charge is -2.21. The van der Waals surface area contributed by atoms with Gasteiger partial charge in [0.05, 0.1) is 29.6 Å². The minimum absolute atomic E-state index is 0.00459. The quantitative estimate of drug-likeness (QED) is 0.0663. The zero-order chi connectivity index (χ0) is 35.3. The smallest absolute Gasteiger partial charge is 0.339 e. The molecule has 4 rings (SSSR count). The first-order valence-corrected chi connectivity index (χ1v) is 15.4. The molecule has 2 aromatic carbocycles. The summed E-state index contributed by atoms with van der Waals surface area (Å²) in [6.07, 6.45) is 4.41. The van der Waals surface area contributed by atoms with Gasteiger partial charge in [0, 0.05) is 56.8 Å². The van der Waals surface area contributed by atoms with Crippen LogP contribution in [0.2, 0.25) is 0 Å². The molecule has 14 heteroatoms. The Morgan fingerprint density at radius 3 is 2.43 bits per heavy atom. The van der Waals surface area contributed by atoms with E-state index in [1.54, 1.807) is 68.7 Å². The summed E-state index contributed by atoms with van der Waals surface area (Å²) >= 11 is 0. The molecular formula is C35H38N8O6. The van der Waals surface area contributed by atoms with Crippen LogP contribution in [0.15, 0.2) is 88.5 Å². The van der Waals surface area contributed by atoms with E-state index in [0.29, 0.717) is 34.6 Å². The normalized spacial score (nSPS) is 11.8. The molecule has 0 aliphatic rings. The van der Waals surface area contributed by atoms with Crippen molar-refractivity contribution in [1.29, 1.82) is 0 Å². The number of carbonyl (C=O) groups is 4. The van der Waals surface area contributed by atoms with Crippen molar-refractivity contribution in [1.82, 2.24) is 14.5 Å². The molecule has 0 bridgehead atoms. The van der Waals surface area contributed by atoms with Gasteiger partial charge in [0.2, 0.25) is 5.91 Å². The number of carbonyl (C=O) groups excluding carboxylic acids is 4. The van der Waals surface area contributed by atoms with Crippen LogP contribution in [0.1, 0.15) is 42.0 Å². The molecule has 2 amide bonds. The van der Waals surface area contributed by atoms with Crippen LogP contribution in [0.3, 0.4) is 0 Å². The van der Waals surface area contributed by atoms with Crippen LogP contribution in [0.25, 0.3) is 11.0 Å². The van der Waals surface area contributed by atoms with E-state index in [4.69, 9.17) is 20.2 Å². The van der Waals surface area contributed by atoms with Gasteiger partial charge in [0.25, 0.3) is 5.91 Å². The van der Waals surface area contributed by atoms with Gasteiger partial charge in [-0.3, -0.25) is 24.3 Å². The number of imidazole rings is 1. The molecule has 0 fully saturated rings. The lowest BCUT2D eigenvalue weighted by Crippen LogP contribution is -2.34. The average molecular weight is 667 g/mol. The molecule has 2 heterocycles. The molecule has 0 aliphatic carbocycles. The molecule has 0 unspecified atom stereocenters. The Bertz CT molecular complexity index is 1900. The summed E-state index contributed by atoms with van der Waals surface area (Å²) in [5, 5.41) is 3.32. The maximum atomic E-state index is 13.8. The number of aliphatic imine (C=N–C) groups is 2. The first kappa shape index (κ1) is 35.7. The molecule has 0 spiro atoms. The van der Waals surface area contributed by atoms with E-state index >= 15 is 0 Å². The third-order valence-electron chi connectivity index (χ3n) is 7.23. The Morgan fingerprint density at radius 2 is 1.76 bits per heavy atom. The van der Waals surface area contributed by atoms with Crippen LogP contribution in [0.4, 0.5) is 11.5 Å². The van der Waals surface area contributed by atoms with E-state index in [9.17, 15) is 19.2 Å². The number of rotatable bonds is 14. The number of amides is 2. The third-order valence-corrected chi connectivity index (χ3v) is 7.23. The highest BCUT2D eigenvalue weighted by Gasteiger charge is 2.22. The molecule has 49 heavy (non-hydrogen) atoms. The average Bonchev–Trinajstić information content (AvgIpc) is 3.42. The Hall–Kier alpha value is -6.18. The second kappa shape index (κ2) is 17.1. The number of fused-ring (bicyclic) bond motifs is 1. The van der Waals surface area contributed by atoms with E-state index in [-0.39, 0.29) is 43.8 Å². The lowest BCUT2D eigenvalue weighted by molar-refractivity contribution is -0.149. The highest BCUT2D eigenvalue weighted by Crippen LogP contribution is 2.21. The molecule has 14 nitrogen and oxygen atoms in total. The summed E-state index contributed by atoms with van der Waals surface area (Å²) in [5.41, 5.74) is 9.43. The van der Waals surface area contributed by atoms with Crippen LogP contribution >= 0.6 is 0 Å². The number of aryl methyl sites for hydroxylation is 1. The number of nitrogens with zero attached hydrogens (tertiary/aromatic N) is 6. The maximum absolute atomic E-state index is 13.8. The number of anilines is 2. The Balaban J connectivity index is 1.40. The number of hydrogen-bond acceptors (Lipinski definition) is 10. The van der Waals surface area contributed by atoms with E-state index in [1.807, 2.05) is 29.8 Å². The van der Waals surface area contributed by atoms with E-state index in [0.717, 1.165) is 17.0 Å². The van der Waals surface area contributed by atoms with Gasteiger partial charge >= 0.3 is 11.9 Å². The van der Waals surface area contributed by atoms with Crippen molar-refractivity contribution >= 4 is 58.3 Å². The summed E-state index contributed by atoms with van der Waals surface area (Å²) in [7, 11) is 3.43.